The van der Waals surface area contributed by atoms with Crippen LogP contribution >= 0.6 is 0 Å². The van der Waals surface area contributed by atoms with Crippen molar-refractivity contribution in [2.24, 2.45) is 0 Å². The number of rotatable bonds is 3. The second kappa shape index (κ2) is 5.41. The topological polar surface area (TPSA) is 114 Å². The zero-order valence-electron chi connectivity index (χ0n) is 13.0. The highest BCUT2D eigenvalue weighted by Gasteiger charge is 2.40. The number of pyridine rings is 1. The number of nitrogens with one attached hydrogen (secondary N) is 2. The van der Waals surface area contributed by atoms with Crippen LogP contribution in [-0.4, -0.2) is 21.7 Å². The lowest BCUT2D eigenvalue weighted by Crippen LogP contribution is -2.26. The van der Waals surface area contributed by atoms with E-state index in [0.717, 1.165) is 0 Å². The van der Waals surface area contributed by atoms with Crippen LogP contribution in [0.5, 0.6) is 0 Å². The maximum atomic E-state index is 12.2. The number of hydrogen-bond acceptors (Lipinski definition) is 5. The SMILES string of the molecule is CC1(C)C(=O)Nc2cc(NC(=O)c3cccnc3)c([N+](=O)[O-])cc21. The molecule has 0 fully saturated rings. The van der Waals surface area contributed by atoms with Gasteiger partial charge < -0.3 is 10.6 Å². The number of nitrogens with zero attached hydrogens (tertiary/aromatic N) is 2. The fourth-order valence-electron chi connectivity index (χ4n) is 2.55. The molecule has 2 N–H and O–H groups in total. The summed E-state index contributed by atoms with van der Waals surface area (Å²) < 4.78 is 0. The molecular formula is C16H14N4O4. The highest BCUT2D eigenvalue weighted by atomic mass is 16.6. The number of nitro benzene ring substituents is 1. The maximum absolute atomic E-state index is 12.2. The number of anilines is 2. The molecule has 3 rings (SSSR count). The molecule has 2 amide bonds. The van der Waals surface area contributed by atoms with Crippen molar-refractivity contribution in [1.82, 2.24) is 4.98 Å². The van der Waals surface area contributed by atoms with Crippen LogP contribution in [0.15, 0.2) is 36.7 Å². The number of carbonyl (C=O) groups is 2. The summed E-state index contributed by atoms with van der Waals surface area (Å²) in [5.41, 5.74) is 0.139. The van der Waals surface area contributed by atoms with Gasteiger partial charge in [0.25, 0.3) is 11.6 Å². The Morgan fingerprint density at radius 1 is 1.38 bits per heavy atom. The van der Waals surface area contributed by atoms with Crippen molar-refractivity contribution in [2.75, 3.05) is 10.6 Å². The van der Waals surface area contributed by atoms with Gasteiger partial charge in [0.15, 0.2) is 0 Å². The number of hydrogen-bond donors (Lipinski definition) is 2. The molecule has 0 saturated heterocycles. The zero-order chi connectivity index (χ0) is 17.5. The molecule has 122 valence electrons. The first kappa shape index (κ1) is 15.6. The molecule has 24 heavy (non-hydrogen) atoms. The van der Waals surface area contributed by atoms with Crippen molar-refractivity contribution in [3.05, 3.63) is 57.9 Å². The Morgan fingerprint density at radius 3 is 2.75 bits per heavy atom. The van der Waals surface area contributed by atoms with E-state index < -0.39 is 16.2 Å². The Hall–Kier alpha value is -3.29. The van der Waals surface area contributed by atoms with Crippen molar-refractivity contribution in [3.63, 3.8) is 0 Å². The van der Waals surface area contributed by atoms with Gasteiger partial charge in [-0.2, -0.15) is 0 Å². The van der Waals surface area contributed by atoms with Gasteiger partial charge >= 0.3 is 0 Å². The molecule has 8 heteroatoms. The van der Waals surface area contributed by atoms with E-state index in [9.17, 15) is 19.7 Å². The maximum Gasteiger partial charge on any atom is 0.293 e. The number of carbonyl (C=O) groups excluding carboxylic acids is 2. The van der Waals surface area contributed by atoms with Gasteiger partial charge in [-0.05, 0) is 37.6 Å². The van der Waals surface area contributed by atoms with Crippen LogP contribution in [0.25, 0.3) is 0 Å². The number of nitro groups is 1. The summed E-state index contributed by atoms with van der Waals surface area (Å²) in [4.78, 5) is 38.9. The van der Waals surface area contributed by atoms with Crippen LogP contribution in [0.2, 0.25) is 0 Å². The van der Waals surface area contributed by atoms with E-state index in [4.69, 9.17) is 0 Å². The summed E-state index contributed by atoms with van der Waals surface area (Å²) in [5.74, 6) is -0.766. The average molecular weight is 326 g/mol. The van der Waals surface area contributed by atoms with E-state index in [1.54, 1.807) is 26.0 Å². The lowest BCUT2D eigenvalue weighted by Gasteiger charge is -2.15. The minimum Gasteiger partial charge on any atom is -0.325 e. The third kappa shape index (κ3) is 2.47. The molecule has 0 bridgehead atoms. The van der Waals surface area contributed by atoms with Crippen molar-refractivity contribution in [3.8, 4) is 0 Å². The second-order valence-corrected chi connectivity index (χ2v) is 5.95. The van der Waals surface area contributed by atoms with E-state index >= 15 is 0 Å². The van der Waals surface area contributed by atoms with E-state index in [0.29, 0.717) is 11.3 Å². The largest absolute Gasteiger partial charge is 0.325 e. The highest BCUT2D eigenvalue weighted by Crippen LogP contribution is 2.42. The molecule has 0 radical (unpaired) electrons. The van der Waals surface area contributed by atoms with Crippen LogP contribution in [0.3, 0.4) is 0 Å². The highest BCUT2D eigenvalue weighted by molar-refractivity contribution is 6.09. The van der Waals surface area contributed by atoms with E-state index in [1.165, 1.54) is 24.5 Å². The lowest BCUT2D eigenvalue weighted by molar-refractivity contribution is -0.384. The minimum absolute atomic E-state index is 0.0191. The fraction of sp³-hybridized carbons (Fsp3) is 0.188. The Bertz CT molecular complexity index is 862. The Morgan fingerprint density at radius 2 is 2.12 bits per heavy atom. The van der Waals surface area contributed by atoms with E-state index in [2.05, 4.69) is 15.6 Å². The van der Waals surface area contributed by atoms with Gasteiger partial charge in [-0.25, -0.2) is 0 Å². The molecule has 0 aliphatic carbocycles. The predicted octanol–water partition coefficient (Wildman–Crippen LogP) is 2.47. The first-order valence-electron chi connectivity index (χ1n) is 7.16. The third-order valence-electron chi connectivity index (χ3n) is 3.99. The van der Waals surface area contributed by atoms with Gasteiger partial charge in [0.1, 0.15) is 5.69 Å². The standard InChI is InChI=1S/C16H14N4O4/c1-16(2)10-6-13(20(23)24)12(7-11(10)19-15(16)22)18-14(21)9-4-3-5-17-8-9/h3-8H,1-2H3,(H,18,21)(H,19,22). The summed E-state index contributed by atoms with van der Waals surface area (Å²) in [6.07, 6.45) is 2.88. The van der Waals surface area contributed by atoms with Crippen LogP contribution < -0.4 is 10.6 Å². The van der Waals surface area contributed by atoms with Crippen molar-refractivity contribution in [2.45, 2.75) is 19.3 Å². The predicted molar refractivity (Wildman–Crippen MR) is 86.9 cm³/mol. The number of benzene rings is 1. The average Bonchev–Trinajstić information content (AvgIpc) is 2.76. The monoisotopic (exact) mass is 326 g/mol. The summed E-state index contributed by atoms with van der Waals surface area (Å²) in [5, 5.41) is 16.6. The zero-order valence-corrected chi connectivity index (χ0v) is 13.0. The van der Waals surface area contributed by atoms with Crippen molar-refractivity contribution in [1.29, 1.82) is 0 Å². The molecule has 0 atom stereocenters. The summed E-state index contributed by atoms with van der Waals surface area (Å²) in [6, 6.07) is 5.88. The first-order chi connectivity index (χ1) is 11.3. The molecule has 0 spiro atoms. The molecular weight excluding hydrogens is 312 g/mol. The minimum atomic E-state index is -0.869. The van der Waals surface area contributed by atoms with Crippen molar-refractivity contribution < 1.29 is 14.5 Å². The summed E-state index contributed by atoms with van der Waals surface area (Å²) in [7, 11) is 0. The Balaban J connectivity index is 2.03. The van der Waals surface area contributed by atoms with Crippen LogP contribution in [0, 0.1) is 10.1 Å². The Kier molecular flexibility index (Phi) is 3.52. The normalized spacial score (nSPS) is 14.7. The quantitative estimate of drug-likeness (QED) is 0.664. The molecule has 0 saturated carbocycles. The molecule has 1 aromatic heterocycles. The summed E-state index contributed by atoms with van der Waals surface area (Å²) in [6.45, 7) is 3.37. The molecule has 8 nitrogen and oxygen atoms in total. The van der Waals surface area contributed by atoms with Gasteiger partial charge in [-0.15, -0.1) is 0 Å². The van der Waals surface area contributed by atoms with Gasteiger partial charge in [-0.3, -0.25) is 24.7 Å². The number of amides is 2. The lowest BCUT2D eigenvalue weighted by atomic mass is 9.86. The van der Waals surface area contributed by atoms with Gasteiger partial charge in [0.2, 0.25) is 5.91 Å². The molecule has 1 aliphatic rings. The van der Waals surface area contributed by atoms with Gasteiger partial charge in [0, 0.05) is 24.1 Å². The van der Waals surface area contributed by atoms with E-state index in [-0.39, 0.29) is 22.8 Å². The number of aromatic nitrogens is 1. The van der Waals surface area contributed by atoms with Gasteiger partial charge in [0.05, 0.1) is 15.9 Å². The molecule has 2 heterocycles. The molecule has 0 unspecified atom stereocenters. The summed E-state index contributed by atoms with van der Waals surface area (Å²) >= 11 is 0. The van der Waals surface area contributed by atoms with Crippen molar-refractivity contribution >= 4 is 28.9 Å². The Labute approximate surface area is 137 Å². The molecule has 1 aromatic carbocycles. The first-order valence-corrected chi connectivity index (χ1v) is 7.16. The molecule has 1 aliphatic heterocycles. The third-order valence-corrected chi connectivity index (χ3v) is 3.99. The van der Waals surface area contributed by atoms with Crippen LogP contribution in [0.4, 0.5) is 17.1 Å². The second-order valence-electron chi connectivity index (χ2n) is 5.95. The number of fused-ring (bicyclic) bond motifs is 1. The van der Waals surface area contributed by atoms with Crippen LogP contribution in [-0.2, 0) is 10.2 Å². The fourth-order valence-corrected chi connectivity index (χ4v) is 2.55. The van der Waals surface area contributed by atoms with Gasteiger partial charge in [-0.1, -0.05) is 0 Å². The van der Waals surface area contributed by atoms with Crippen LogP contribution in [0.1, 0.15) is 29.8 Å². The van der Waals surface area contributed by atoms with E-state index in [1.807, 2.05) is 0 Å². The molecule has 2 aromatic rings. The smallest absolute Gasteiger partial charge is 0.293 e.